The highest BCUT2D eigenvalue weighted by Gasteiger charge is 2.09. The monoisotopic (exact) mass is 256 g/mol. The Hall–Kier alpha value is -1.06. The Labute approximate surface area is 107 Å². The van der Waals surface area contributed by atoms with E-state index in [0.717, 1.165) is 6.42 Å². The molecule has 0 N–H and O–H groups in total. The fraction of sp³-hybridized carbons (Fsp3) is 0.462. The van der Waals surface area contributed by atoms with Crippen LogP contribution in [0, 0.1) is 0 Å². The van der Waals surface area contributed by atoms with Crippen LogP contribution in [0.4, 0.5) is 0 Å². The summed E-state index contributed by atoms with van der Waals surface area (Å²) in [5, 5.41) is 0.460. The van der Waals surface area contributed by atoms with E-state index in [1.807, 2.05) is 6.92 Å². The summed E-state index contributed by atoms with van der Waals surface area (Å²) < 4.78 is 10.6. The first-order valence-electron chi connectivity index (χ1n) is 5.50. The highest BCUT2D eigenvalue weighted by atomic mass is 35.5. The molecule has 0 spiro atoms. The zero-order valence-electron chi connectivity index (χ0n) is 10.3. The molecule has 1 unspecified atom stereocenters. The zero-order valence-corrected chi connectivity index (χ0v) is 11.1. The zero-order chi connectivity index (χ0) is 12.8. The van der Waals surface area contributed by atoms with Crippen LogP contribution in [0.3, 0.4) is 0 Å². The number of hydrogen-bond acceptors (Lipinski definition) is 3. The molecule has 0 aliphatic carbocycles. The number of methoxy groups -OCH3 is 1. The quantitative estimate of drug-likeness (QED) is 0.733. The molecule has 0 aliphatic heterocycles. The van der Waals surface area contributed by atoms with Crippen molar-refractivity contribution >= 4 is 17.4 Å². The number of halogens is 1. The van der Waals surface area contributed by atoms with Gasteiger partial charge < -0.3 is 9.47 Å². The molecule has 3 nitrogen and oxygen atoms in total. The van der Waals surface area contributed by atoms with Gasteiger partial charge in [-0.05, 0) is 32.0 Å². The van der Waals surface area contributed by atoms with Gasteiger partial charge in [0.15, 0.2) is 5.78 Å². The highest BCUT2D eigenvalue weighted by Crippen LogP contribution is 2.27. The van der Waals surface area contributed by atoms with E-state index in [2.05, 4.69) is 0 Å². The van der Waals surface area contributed by atoms with Crippen molar-refractivity contribution in [1.82, 2.24) is 0 Å². The molecule has 1 aromatic carbocycles. The van der Waals surface area contributed by atoms with Crippen LogP contribution in [0.2, 0.25) is 5.02 Å². The molecular weight excluding hydrogens is 240 g/mol. The number of Topliss-reactive ketones (excluding diaryl/α,β-unsaturated/α-hetero) is 1. The van der Waals surface area contributed by atoms with E-state index in [0.29, 0.717) is 22.9 Å². The fourth-order valence-corrected chi connectivity index (χ4v) is 1.60. The third kappa shape index (κ3) is 4.36. The lowest BCUT2D eigenvalue weighted by Crippen LogP contribution is -2.14. The molecule has 17 heavy (non-hydrogen) atoms. The Morgan fingerprint density at radius 2 is 2.18 bits per heavy atom. The molecule has 1 aromatic rings. The minimum atomic E-state index is -0.00844. The fourth-order valence-electron chi connectivity index (χ4n) is 1.37. The number of carbonyl (C=O) groups is 1. The standard InChI is InChI=1S/C13H17ClO3/c1-9(6-7-16-3)17-13-5-4-11(10(2)15)8-12(13)14/h4-5,8-9H,6-7H2,1-3H3. The van der Waals surface area contributed by atoms with Gasteiger partial charge >= 0.3 is 0 Å². The first-order chi connectivity index (χ1) is 8.04. The lowest BCUT2D eigenvalue weighted by atomic mass is 10.1. The number of ether oxygens (including phenoxy) is 2. The van der Waals surface area contributed by atoms with Crippen LogP contribution in [0.5, 0.6) is 5.75 Å². The summed E-state index contributed by atoms with van der Waals surface area (Å²) in [6, 6.07) is 5.07. The second kappa shape index (κ2) is 6.62. The molecule has 4 heteroatoms. The van der Waals surface area contributed by atoms with Gasteiger partial charge in [-0.15, -0.1) is 0 Å². The molecule has 1 atom stereocenters. The van der Waals surface area contributed by atoms with Crippen LogP contribution >= 0.6 is 11.6 Å². The van der Waals surface area contributed by atoms with Crippen molar-refractivity contribution in [2.75, 3.05) is 13.7 Å². The van der Waals surface area contributed by atoms with E-state index < -0.39 is 0 Å². The molecule has 1 rings (SSSR count). The maximum absolute atomic E-state index is 11.2. The molecule has 0 fully saturated rings. The summed E-state index contributed by atoms with van der Waals surface area (Å²) in [5.74, 6) is 0.589. The van der Waals surface area contributed by atoms with Crippen LogP contribution in [0.1, 0.15) is 30.6 Å². The largest absolute Gasteiger partial charge is 0.489 e. The molecule has 0 aliphatic rings. The number of hydrogen-bond donors (Lipinski definition) is 0. The predicted molar refractivity (Wildman–Crippen MR) is 68.0 cm³/mol. The van der Waals surface area contributed by atoms with E-state index in [9.17, 15) is 4.79 Å². The maximum atomic E-state index is 11.2. The first-order valence-corrected chi connectivity index (χ1v) is 5.88. The Morgan fingerprint density at radius 3 is 2.71 bits per heavy atom. The van der Waals surface area contributed by atoms with E-state index in [1.54, 1.807) is 25.3 Å². The number of ketones is 1. The first kappa shape index (κ1) is 14.0. The smallest absolute Gasteiger partial charge is 0.159 e. The number of carbonyl (C=O) groups excluding carboxylic acids is 1. The molecule has 0 amide bonds. The molecule has 0 heterocycles. The molecule has 0 saturated carbocycles. The third-order valence-electron chi connectivity index (χ3n) is 2.40. The van der Waals surface area contributed by atoms with Crippen LogP contribution in [0.25, 0.3) is 0 Å². The number of benzene rings is 1. The minimum Gasteiger partial charge on any atom is -0.489 e. The summed E-state index contributed by atoms with van der Waals surface area (Å²) in [5.41, 5.74) is 0.590. The average Bonchev–Trinajstić information content (AvgIpc) is 2.28. The van der Waals surface area contributed by atoms with E-state index in [1.165, 1.54) is 6.92 Å². The summed E-state index contributed by atoms with van der Waals surface area (Å²) in [6.45, 7) is 4.10. The van der Waals surface area contributed by atoms with Crippen LogP contribution in [0.15, 0.2) is 18.2 Å². The molecule has 0 aromatic heterocycles. The van der Waals surface area contributed by atoms with Crippen molar-refractivity contribution in [1.29, 1.82) is 0 Å². The molecular formula is C13H17ClO3. The Kier molecular flexibility index (Phi) is 5.45. The van der Waals surface area contributed by atoms with Gasteiger partial charge in [-0.25, -0.2) is 0 Å². The van der Waals surface area contributed by atoms with Gasteiger partial charge in [0.1, 0.15) is 5.75 Å². The summed E-state index contributed by atoms with van der Waals surface area (Å²) in [4.78, 5) is 11.2. The van der Waals surface area contributed by atoms with E-state index >= 15 is 0 Å². The third-order valence-corrected chi connectivity index (χ3v) is 2.69. The minimum absolute atomic E-state index is 0.00844. The second-order valence-corrected chi connectivity index (χ2v) is 4.32. The number of rotatable bonds is 6. The molecule has 0 bridgehead atoms. The second-order valence-electron chi connectivity index (χ2n) is 3.91. The Bertz CT molecular complexity index is 390. The maximum Gasteiger partial charge on any atom is 0.159 e. The highest BCUT2D eigenvalue weighted by molar-refractivity contribution is 6.32. The topological polar surface area (TPSA) is 35.5 Å². The van der Waals surface area contributed by atoms with Crippen molar-refractivity contribution in [3.05, 3.63) is 28.8 Å². The average molecular weight is 257 g/mol. The van der Waals surface area contributed by atoms with Gasteiger partial charge in [0, 0.05) is 25.7 Å². The molecule has 0 saturated heterocycles. The van der Waals surface area contributed by atoms with Crippen LogP contribution in [-0.4, -0.2) is 25.6 Å². The lowest BCUT2D eigenvalue weighted by molar-refractivity contribution is 0.101. The van der Waals surface area contributed by atoms with Gasteiger partial charge in [-0.3, -0.25) is 4.79 Å². The summed E-state index contributed by atoms with van der Waals surface area (Å²) in [6.07, 6.45) is 0.817. The van der Waals surface area contributed by atoms with Gasteiger partial charge in [-0.2, -0.15) is 0 Å². The van der Waals surface area contributed by atoms with E-state index in [-0.39, 0.29) is 11.9 Å². The summed E-state index contributed by atoms with van der Waals surface area (Å²) in [7, 11) is 1.65. The molecule has 0 radical (unpaired) electrons. The normalized spacial score (nSPS) is 12.2. The van der Waals surface area contributed by atoms with Crippen molar-refractivity contribution in [2.24, 2.45) is 0 Å². The van der Waals surface area contributed by atoms with Gasteiger partial charge in [0.2, 0.25) is 0 Å². The summed E-state index contributed by atoms with van der Waals surface area (Å²) >= 11 is 6.04. The van der Waals surface area contributed by atoms with E-state index in [4.69, 9.17) is 21.1 Å². The van der Waals surface area contributed by atoms with Gasteiger partial charge in [-0.1, -0.05) is 11.6 Å². The SMILES string of the molecule is COCCC(C)Oc1ccc(C(C)=O)cc1Cl. The van der Waals surface area contributed by atoms with Crippen LogP contribution in [-0.2, 0) is 4.74 Å². The van der Waals surface area contributed by atoms with Gasteiger partial charge in [0.05, 0.1) is 11.1 Å². The molecule has 94 valence electrons. The lowest BCUT2D eigenvalue weighted by Gasteiger charge is -2.15. The van der Waals surface area contributed by atoms with Gasteiger partial charge in [0.25, 0.3) is 0 Å². The Morgan fingerprint density at radius 1 is 1.47 bits per heavy atom. The predicted octanol–water partition coefficient (Wildman–Crippen LogP) is 3.35. The van der Waals surface area contributed by atoms with Crippen molar-refractivity contribution in [3.8, 4) is 5.75 Å². The van der Waals surface area contributed by atoms with Crippen LogP contribution < -0.4 is 4.74 Å². The van der Waals surface area contributed by atoms with Crippen molar-refractivity contribution < 1.29 is 14.3 Å². The Balaban J connectivity index is 2.69. The van der Waals surface area contributed by atoms with Crippen molar-refractivity contribution in [2.45, 2.75) is 26.4 Å². The van der Waals surface area contributed by atoms with Crippen molar-refractivity contribution in [3.63, 3.8) is 0 Å².